The van der Waals surface area contributed by atoms with E-state index in [1.807, 2.05) is 0 Å². The van der Waals surface area contributed by atoms with Gasteiger partial charge in [0.1, 0.15) is 0 Å². The maximum absolute atomic E-state index is 6.87. The summed E-state index contributed by atoms with van der Waals surface area (Å²) in [5.41, 5.74) is 1.37. The van der Waals surface area contributed by atoms with Crippen LogP contribution in [0.25, 0.3) is 0 Å². The van der Waals surface area contributed by atoms with Crippen molar-refractivity contribution in [2.24, 2.45) is 0 Å². The van der Waals surface area contributed by atoms with Crippen molar-refractivity contribution in [3.05, 3.63) is 35.9 Å². The summed E-state index contributed by atoms with van der Waals surface area (Å²) in [6, 6.07) is 10.8. The molecule has 0 saturated carbocycles. The molecule has 3 nitrogen and oxygen atoms in total. The molecule has 0 N–H and O–H groups in total. The highest BCUT2D eigenvalue weighted by atomic mass is 28.4. The van der Waals surface area contributed by atoms with Crippen molar-refractivity contribution in [2.75, 3.05) is 13.1 Å². The van der Waals surface area contributed by atoms with Gasteiger partial charge in [0.15, 0.2) is 16.6 Å². The van der Waals surface area contributed by atoms with Gasteiger partial charge in [-0.2, -0.15) is 0 Å². The smallest absolute Gasteiger partial charge is 0.192 e. The van der Waals surface area contributed by atoms with Gasteiger partial charge in [0.25, 0.3) is 0 Å². The van der Waals surface area contributed by atoms with Crippen molar-refractivity contribution in [3.63, 3.8) is 0 Å². The molecule has 29 heavy (non-hydrogen) atoms. The zero-order valence-electron chi connectivity index (χ0n) is 20.6. The molecule has 1 aromatic carbocycles. The third kappa shape index (κ3) is 6.76. The zero-order valence-corrected chi connectivity index (χ0v) is 22.6. The first-order valence-electron chi connectivity index (χ1n) is 11.2. The minimum absolute atomic E-state index is 0.227. The molecule has 1 fully saturated rings. The maximum atomic E-state index is 6.87. The maximum Gasteiger partial charge on any atom is 0.192 e. The van der Waals surface area contributed by atoms with Gasteiger partial charge in [-0.3, -0.25) is 4.90 Å². The third-order valence-electron chi connectivity index (χ3n) is 7.23. The van der Waals surface area contributed by atoms with Gasteiger partial charge in [-0.1, -0.05) is 71.9 Å². The topological polar surface area (TPSA) is 21.7 Å². The lowest BCUT2D eigenvalue weighted by Crippen LogP contribution is -2.55. The van der Waals surface area contributed by atoms with E-state index in [9.17, 15) is 0 Å². The second-order valence-corrected chi connectivity index (χ2v) is 21.4. The van der Waals surface area contributed by atoms with Crippen molar-refractivity contribution in [1.29, 1.82) is 0 Å². The molecule has 1 aliphatic rings. The molecule has 0 bridgehead atoms. The molecule has 5 heteroatoms. The first kappa shape index (κ1) is 24.8. The van der Waals surface area contributed by atoms with Crippen LogP contribution >= 0.6 is 0 Å². The monoisotopic (exact) mass is 435 g/mol. The van der Waals surface area contributed by atoms with E-state index < -0.39 is 16.6 Å². The quantitative estimate of drug-likeness (QED) is 0.465. The van der Waals surface area contributed by atoms with Crippen LogP contribution in [0.1, 0.15) is 53.5 Å². The van der Waals surface area contributed by atoms with Gasteiger partial charge in [0, 0.05) is 19.6 Å². The van der Waals surface area contributed by atoms with Crippen LogP contribution in [0.3, 0.4) is 0 Å². The van der Waals surface area contributed by atoms with E-state index in [2.05, 4.69) is 103 Å². The molecule has 1 saturated heterocycles. The average molecular weight is 436 g/mol. The summed E-state index contributed by atoms with van der Waals surface area (Å²) in [6.07, 6.45) is 1.52. The molecule has 0 aliphatic carbocycles. The minimum Gasteiger partial charge on any atom is -0.413 e. The van der Waals surface area contributed by atoms with E-state index in [0.717, 1.165) is 26.1 Å². The lowest BCUT2D eigenvalue weighted by Gasteiger charge is -2.47. The number of hydrogen-bond donors (Lipinski definition) is 0. The van der Waals surface area contributed by atoms with Crippen LogP contribution in [0.4, 0.5) is 0 Å². The van der Waals surface area contributed by atoms with Crippen LogP contribution in [0.5, 0.6) is 0 Å². The fraction of sp³-hybridized carbons (Fsp3) is 0.750. The number of nitrogens with zero attached hydrogens (tertiary/aromatic N) is 1. The van der Waals surface area contributed by atoms with Crippen molar-refractivity contribution in [1.82, 2.24) is 4.90 Å². The van der Waals surface area contributed by atoms with Crippen molar-refractivity contribution in [2.45, 2.75) is 103 Å². The third-order valence-corrected chi connectivity index (χ3v) is 16.3. The zero-order chi connectivity index (χ0) is 22.1. The Kier molecular flexibility index (Phi) is 7.66. The first-order valence-corrected chi connectivity index (χ1v) is 17.0. The molecule has 1 heterocycles. The molecule has 2 atom stereocenters. The van der Waals surface area contributed by atoms with E-state index in [1.165, 1.54) is 5.56 Å². The highest BCUT2D eigenvalue weighted by Crippen LogP contribution is 2.40. The summed E-state index contributed by atoms with van der Waals surface area (Å²) in [5.74, 6) is 0. The highest BCUT2D eigenvalue weighted by Gasteiger charge is 2.44. The summed E-state index contributed by atoms with van der Waals surface area (Å²) >= 11 is 0. The van der Waals surface area contributed by atoms with Crippen molar-refractivity contribution >= 4 is 16.6 Å². The molecule has 1 aliphatic heterocycles. The predicted octanol–water partition coefficient (Wildman–Crippen LogP) is 6.67. The number of piperidine rings is 1. The summed E-state index contributed by atoms with van der Waals surface area (Å²) < 4.78 is 13.7. The van der Waals surface area contributed by atoms with Gasteiger partial charge in [-0.25, -0.2) is 0 Å². The lowest BCUT2D eigenvalue weighted by molar-refractivity contribution is -0.000223. The second kappa shape index (κ2) is 8.95. The second-order valence-electron chi connectivity index (χ2n) is 11.9. The molecule has 2 rings (SSSR count). The largest absolute Gasteiger partial charge is 0.413 e. The lowest BCUT2D eigenvalue weighted by atomic mass is 10.0. The molecule has 166 valence electrons. The van der Waals surface area contributed by atoms with E-state index >= 15 is 0 Å². The fourth-order valence-corrected chi connectivity index (χ4v) is 6.14. The fourth-order valence-electron chi connectivity index (χ4n) is 3.42. The highest BCUT2D eigenvalue weighted by molar-refractivity contribution is 6.74. The van der Waals surface area contributed by atoms with Gasteiger partial charge in [0.05, 0.1) is 12.2 Å². The molecule has 1 aromatic rings. The van der Waals surface area contributed by atoms with Crippen LogP contribution in [0.2, 0.25) is 36.3 Å². The number of hydrogen-bond acceptors (Lipinski definition) is 3. The molecular weight excluding hydrogens is 390 g/mol. The summed E-state index contributed by atoms with van der Waals surface area (Å²) in [7, 11) is -3.62. The van der Waals surface area contributed by atoms with Gasteiger partial charge >= 0.3 is 0 Å². The number of likely N-dealkylation sites (tertiary alicyclic amines) is 1. The Bertz CT molecular complexity index is 611. The van der Waals surface area contributed by atoms with Gasteiger partial charge in [0.2, 0.25) is 0 Å². The Morgan fingerprint density at radius 1 is 0.793 bits per heavy atom. The number of benzene rings is 1. The van der Waals surface area contributed by atoms with E-state index in [0.29, 0.717) is 0 Å². The van der Waals surface area contributed by atoms with Crippen LogP contribution in [0.15, 0.2) is 30.3 Å². The Labute approximate surface area is 182 Å². The Morgan fingerprint density at radius 2 is 1.21 bits per heavy atom. The summed E-state index contributed by atoms with van der Waals surface area (Å²) in [5, 5.41) is 0.453. The standard InChI is InChI=1S/C24H45NO2Si2/c1-23(2,3)28(7,8)26-21-16-22(27-29(9,10)24(4,5)6)19-25(18-21)17-20-14-12-11-13-15-20/h11-15,21-22H,16-19H2,1-10H3/t21-,22-/m1/s1. The predicted molar refractivity (Wildman–Crippen MR) is 130 cm³/mol. The molecular formula is C24H45NO2Si2. The SMILES string of the molecule is CC(C)(C)[Si](C)(C)O[C@@H]1C[C@@H](O[Si](C)(C)C(C)(C)C)CN(Cc2ccccc2)C1. The van der Waals surface area contributed by atoms with Crippen LogP contribution in [-0.4, -0.2) is 46.8 Å². The Hall–Kier alpha value is -0.466. The molecule has 0 radical (unpaired) electrons. The molecule has 0 spiro atoms. The Balaban J connectivity index is 2.18. The van der Waals surface area contributed by atoms with Crippen molar-refractivity contribution < 1.29 is 8.85 Å². The summed E-state index contributed by atoms with van der Waals surface area (Å²) in [6.45, 7) is 26.4. The molecule has 0 unspecified atom stereocenters. The van der Waals surface area contributed by atoms with E-state index in [4.69, 9.17) is 8.85 Å². The summed E-state index contributed by atoms with van der Waals surface area (Å²) in [4.78, 5) is 2.55. The molecule has 0 amide bonds. The normalized spacial score (nSPS) is 22.7. The van der Waals surface area contributed by atoms with Gasteiger partial charge in [-0.15, -0.1) is 0 Å². The van der Waals surface area contributed by atoms with Gasteiger partial charge in [-0.05, 0) is 48.2 Å². The Morgan fingerprint density at radius 3 is 1.59 bits per heavy atom. The number of rotatable bonds is 6. The minimum atomic E-state index is -1.81. The van der Waals surface area contributed by atoms with E-state index in [-0.39, 0.29) is 22.3 Å². The van der Waals surface area contributed by atoms with Crippen LogP contribution in [0, 0.1) is 0 Å². The first-order chi connectivity index (χ1) is 13.1. The van der Waals surface area contributed by atoms with E-state index in [1.54, 1.807) is 0 Å². The average Bonchev–Trinajstić information content (AvgIpc) is 2.52. The van der Waals surface area contributed by atoms with Crippen LogP contribution in [-0.2, 0) is 15.4 Å². The molecule has 0 aromatic heterocycles. The van der Waals surface area contributed by atoms with Crippen molar-refractivity contribution in [3.8, 4) is 0 Å². The van der Waals surface area contributed by atoms with Gasteiger partial charge < -0.3 is 8.85 Å². The van der Waals surface area contributed by atoms with Crippen LogP contribution < -0.4 is 0 Å².